The SMILES string of the molecule is CO[C@H]1O[C@H](COC(C)=O)[C@@H](OC(C)=O)[C@H](OC(C)=O)[C@@H]1N[C@@H]1S[C@H](COC(C)=O)[C@@H](OC(C)=O)[C@H](OC(C)=O)[C@@H]1OC(C)=O. The van der Waals surface area contributed by atoms with Crippen molar-refractivity contribution in [1.82, 2.24) is 5.32 Å². The first-order valence-corrected chi connectivity index (χ1v) is 14.7. The minimum atomic E-state index is -1.41. The van der Waals surface area contributed by atoms with Gasteiger partial charge in [-0.25, -0.2) is 0 Å². The maximum absolute atomic E-state index is 12.3. The summed E-state index contributed by atoms with van der Waals surface area (Å²) in [6, 6.07) is -1.18. The highest BCUT2D eigenvalue weighted by Gasteiger charge is 2.56. The number of hydrogen-bond donors (Lipinski definition) is 1. The molecule has 18 heteroatoms. The van der Waals surface area contributed by atoms with Crippen molar-refractivity contribution in [1.29, 1.82) is 0 Å². The Hall–Kier alpha value is -3.48. The Kier molecular flexibility index (Phi) is 14.5. The zero-order valence-electron chi connectivity index (χ0n) is 26.1. The Morgan fingerprint density at radius 3 is 1.51 bits per heavy atom. The van der Waals surface area contributed by atoms with Gasteiger partial charge in [-0.3, -0.25) is 38.9 Å². The van der Waals surface area contributed by atoms with Gasteiger partial charge in [0.25, 0.3) is 0 Å². The van der Waals surface area contributed by atoms with E-state index in [2.05, 4.69) is 5.32 Å². The molecule has 10 atom stereocenters. The molecule has 1 N–H and O–H groups in total. The summed E-state index contributed by atoms with van der Waals surface area (Å²) in [7, 11) is 1.28. The zero-order valence-corrected chi connectivity index (χ0v) is 26.9. The van der Waals surface area contributed by atoms with Crippen molar-refractivity contribution >= 4 is 53.5 Å². The predicted octanol–water partition coefficient (Wildman–Crippen LogP) is -0.458. The fourth-order valence-corrected chi connectivity index (χ4v) is 6.32. The van der Waals surface area contributed by atoms with Crippen LogP contribution < -0.4 is 5.32 Å². The van der Waals surface area contributed by atoms with Gasteiger partial charge in [0, 0.05) is 55.6 Å². The first-order valence-electron chi connectivity index (χ1n) is 13.8. The quantitative estimate of drug-likeness (QED) is 0.206. The van der Waals surface area contributed by atoms with Gasteiger partial charge in [-0.1, -0.05) is 0 Å². The van der Waals surface area contributed by atoms with E-state index in [4.69, 9.17) is 42.6 Å². The lowest BCUT2D eigenvalue weighted by Gasteiger charge is -2.49. The smallest absolute Gasteiger partial charge is 0.303 e. The van der Waals surface area contributed by atoms with E-state index in [0.717, 1.165) is 53.3 Å². The molecule has 2 saturated heterocycles. The molecule has 0 aromatic carbocycles. The van der Waals surface area contributed by atoms with Crippen molar-refractivity contribution in [2.75, 3.05) is 20.3 Å². The third-order valence-electron chi connectivity index (χ3n) is 6.28. The molecule has 2 fully saturated rings. The molecule has 0 unspecified atom stereocenters. The van der Waals surface area contributed by atoms with E-state index in [1.54, 1.807) is 0 Å². The average molecular weight is 666 g/mol. The minimum Gasteiger partial charge on any atom is -0.465 e. The van der Waals surface area contributed by atoms with Gasteiger partial charge in [0.05, 0.1) is 10.6 Å². The molecule has 45 heavy (non-hydrogen) atoms. The van der Waals surface area contributed by atoms with Gasteiger partial charge in [-0.15, -0.1) is 11.8 Å². The number of carbonyl (C=O) groups excluding carboxylic acids is 7. The molecule has 254 valence electrons. The molecule has 0 bridgehead atoms. The van der Waals surface area contributed by atoms with Crippen LogP contribution in [0.5, 0.6) is 0 Å². The first-order chi connectivity index (χ1) is 21.0. The number of methoxy groups -OCH3 is 1. The number of thioether (sulfide) groups is 1. The summed E-state index contributed by atoms with van der Waals surface area (Å²) < 4.78 is 49.4. The van der Waals surface area contributed by atoms with E-state index in [9.17, 15) is 33.6 Å². The van der Waals surface area contributed by atoms with Crippen LogP contribution in [0.4, 0.5) is 0 Å². The van der Waals surface area contributed by atoms with Crippen LogP contribution in [0.15, 0.2) is 0 Å². The molecule has 2 heterocycles. The monoisotopic (exact) mass is 665 g/mol. The summed E-state index contributed by atoms with van der Waals surface area (Å²) in [4.78, 5) is 84.2. The zero-order chi connectivity index (χ0) is 34.0. The fourth-order valence-electron chi connectivity index (χ4n) is 4.83. The third kappa shape index (κ3) is 11.4. The van der Waals surface area contributed by atoms with Gasteiger partial charge in [0.15, 0.2) is 36.8 Å². The summed E-state index contributed by atoms with van der Waals surface area (Å²) in [5.74, 6) is -5.19. The number of rotatable bonds is 12. The standard InChI is InChI=1S/C27H39NO16S/c1-11(29)37-9-18-21(39-13(3)31)23(41-15(5)33)20(27(36-8)44-18)28-26-25(43-17(7)35)24(42-16(6)34)22(40-14(4)32)19(45-26)10-38-12(2)30/h18-28H,9-10H2,1-8H3/t18-,19-,20+,21-,22-,23-,24+,25+,26-,27+/m1/s1. The molecule has 0 aliphatic carbocycles. The first kappa shape index (κ1) is 37.7. The molecular weight excluding hydrogens is 626 g/mol. The van der Waals surface area contributed by atoms with E-state index in [1.807, 2.05) is 0 Å². The van der Waals surface area contributed by atoms with Gasteiger partial charge in [-0.05, 0) is 0 Å². The number of ether oxygens (including phenoxy) is 9. The van der Waals surface area contributed by atoms with Crippen molar-refractivity contribution in [3.05, 3.63) is 0 Å². The van der Waals surface area contributed by atoms with Crippen molar-refractivity contribution < 1.29 is 76.2 Å². The average Bonchev–Trinajstić information content (AvgIpc) is 2.90. The molecule has 17 nitrogen and oxygen atoms in total. The number of nitrogens with one attached hydrogen (secondary N) is 1. The lowest BCUT2D eigenvalue weighted by molar-refractivity contribution is -0.273. The molecular formula is C27H39NO16S. The molecule has 2 rings (SSSR count). The maximum atomic E-state index is 12.3. The number of hydrogen-bond acceptors (Lipinski definition) is 18. The normalized spacial score (nSPS) is 31.0. The highest BCUT2D eigenvalue weighted by atomic mass is 32.2. The van der Waals surface area contributed by atoms with E-state index in [0.29, 0.717) is 0 Å². The Morgan fingerprint density at radius 1 is 0.578 bits per heavy atom. The Bertz CT molecular complexity index is 1120. The molecule has 0 amide bonds. The molecule has 2 aliphatic heterocycles. The highest BCUT2D eigenvalue weighted by molar-refractivity contribution is 8.00. The van der Waals surface area contributed by atoms with Gasteiger partial charge in [0.2, 0.25) is 0 Å². The van der Waals surface area contributed by atoms with Gasteiger partial charge in [-0.2, -0.15) is 0 Å². The lowest BCUT2D eigenvalue weighted by atomic mass is 9.95. The second kappa shape index (κ2) is 17.3. The molecule has 0 spiro atoms. The van der Waals surface area contributed by atoms with Crippen molar-refractivity contribution in [3.63, 3.8) is 0 Å². The van der Waals surface area contributed by atoms with Crippen molar-refractivity contribution in [2.24, 2.45) is 0 Å². The van der Waals surface area contributed by atoms with Gasteiger partial charge in [0.1, 0.15) is 25.4 Å². The summed E-state index contributed by atoms with van der Waals surface area (Å²) in [5, 5.41) is 1.18. The van der Waals surface area contributed by atoms with Crippen LogP contribution >= 0.6 is 11.8 Å². The maximum Gasteiger partial charge on any atom is 0.303 e. The topological polar surface area (TPSA) is 215 Å². The number of carbonyl (C=O) groups is 7. The molecule has 2 aliphatic rings. The lowest BCUT2D eigenvalue weighted by Crippen LogP contribution is -2.70. The summed E-state index contributed by atoms with van der Waals surface area (Å²) in [6.45, 7) is 7.18. The molecule has 0 aromatic rings. The second-order valence-corrected chi connectivity index (χ2v) is 11.4. The summed E-state index contributed by atoms with van der Waals surface area (Å²) in [5.41, 5.74) is 0. The van der Waals surface area contributed by atoms with Crippen LogP contribution in [0.3, 0.4) is 0 Å². The predicted molar refractivity (Wildman–Crippen MR) is 149 cm³/mol. The summed E-state index contributed by atoms with van der Waals surface area (Å²) in [6.07, 6.45) is -9.08. The van der Waals surface area contributed by atoms with Crippen LogP contribution in [0.25, 0.3) is 0 Å². The van der Waals surface area contributed by atoms with Crippen molar-refractivity contribution in [3.8, 4) is 0 Å². The Balaban J connectivity index is 2.64. The van der Waals surface area contributed by atoms with Crippen LogP contribution in [-0.4, -0.2) is 122 Å². The van der Waals surface area contributed by atoms with Crippen molar-refractivity contribution in [2.45, 2.75) is 108 Å². The fraction of sp³-hybridized carbons (Fsp3) is 0.741. The highest BCUT2D eigenvalue weighted by Crippen LogP contribution is 2.39. The van der Waals surface area contributed by atoms with Crippen LogP contribution in [0.1, 0.15) is 48.5 Å². The number of esters is 7. The van der Waals surface area contributed by atoms with Gasteiger partial charge < -0.3 is 42.6 Å². The summed E-state index contributed by atoms with van der Waals surface area (Å²) >= 11 is 0.999. The Labute approximate surface area is 263 Å². The van der Waals surface area contributed by atoms with Crippen LogP contribution in [0, 0.1) is 0 Å². The van der Waals surface area contributed by atoms with Crippen LogP contribution in [0.2, 0.25) is 0 Å². The molecule has 0 aromatic heterocycles. The van der Waals surface area contributed by atoms with E-state index >= 15 is 0 Å². The van der Waals surface area contributed by atoms with E-state index in [-0.39, 0.29) is 6.61 Å². The van der Waals surface area contributed by atoms with Crippen LogP contribution in [-0.2, 0) is 76.2 Å². The Morgan fingerprint density at radius 2 is 1.02 bits per heavy atom. The van der Waals surface area contributed by atoms with Gasteiger partial charge >= 0.3 is 41.8 Å². The molecule has 0 radical (unpaired) electrons. The largest absolute Gasteiger partial charge is 0.465 e. The minimum absolute atomic E-state index is 0.316. The van der Waals surface area contributed by atoms with E-state index < -0.39 is 108 Å². The molecule has 0 saturated carbocycles. The van der Waals surface area contributed by atoms with E-state index in [1.165, 1.54) is 14.0 Å². The second-order valence-electron chi connectivity index (χ2n) is 10.0. The third-order valence-corrected chi connectivity index (χ3v) is 7.73.